The fraction of sp³-hybridized carbons (Fsp3) is 0.476. The second-order valence-corrected chi connectivity index (χ2v) is 13.8. The van der Waals surface area contributed by atoms with Crippen molar-refractivity contribution in [1.29, 1.82) is 0 Å². The minimum absolute atomic E-state index is 0.0387. The predicted octanol–water partition coefficient (Wildman–Crippen LogP) is 8.77. The number of aromatic carboxylic acids is 1. The maximum absolute atomic E-state index is 12.4. The molecule has 0 bridgehead atoms. The lowest BCUT2D eigenvalue weighted by Crippen LogP contribution is -2.22. The first kappa shape index (κ1) is 42.7. The van der Waals surface area contributed by atoms with E-state index in [2.05, 4.69) is 37.2 Å². The maximum Gasteiger partial charge on any atom is 0.339 e. The zero-order chi connectivity index (χ0) is 38.7. The van der Waals surface area contributed by atoms with Gasteiger partial charge in [0.2, 0.25) is 0 Å². The van der Waals surface area contributed by atoms with Crippen LogP contribution >= 0.6 is 0 Å². The van der Waals surface area contributed by atoms with Gasteiger partial charge in [-0.25, -0.2) is 4.79 Å². The number of hydrogen-bond donors (Lipinski definition) is 7. The summed E-state index contributed by atoms with van der Waals surface area (Å²) in [6.45, 7) is 20.0. The van der Waals surface area contributed by atoms with Gasteiger partial charge in [-0.15, -0.1) is 0 Å². The van der Waals surface area contributed by atoms with Crippen LogP contribution in [0.15, 0.2) is 59.7 Å². The first-order chi connectivity index (χ1) is 24.1. The Morgan fingerprint density at radius 2 is 1.14 bits per heavy atom. The molecule has 0 heterocycles. The first-order valence-electron chi connectivity index (χ1n) is 17.9. The quantitative estimate of drug-likeness (QED) is 0.120. The zero-order valence-corrected chi connectivity index (χ0v) is 31.8. The van der Waals surface area contributed by atoms with Gasteiger partial charge in [0, 0.05) is 30.0 Å². The average Bonchev–Trinajstić information content (AvgIpc) is 3.05. The molecule has 0 aromatic heterocycles. The number of phenols is 4. The number of aryl methyl sites for hydroxylation is 2. The molecule has 0 saturated heterocycles. The van der Waals surface area contributed by atoms with E-state index in [1.165, 1.54) is 24.3 Å². The number of carboxylic acid groups (broad SMARTS) is 1. The SMILES string of the molecule is C=C(C)[C@@H]1CCC(C)=C[C@H]1c1c(O)cc(CCC)c(C(=O)NC)c1O.C=C(C)[C@@H]1CCC(C)=C[C@H]1c1c(O)cc(CCC)c(C(=O)O)c1O.CN. The van der Waals surface area contributed by atoms with E-state index in [1.807, 2.05) is 40.7 Å². The van der Waals surface area contributed by atoms with Gasteiger partial charge in [0.05, 0.1) is 5.56 Å². The molecule has 2 aromatic rings. The summed E-state index contributed by atoms with van der Waals surface area (Å²) in [5.41, 5.74) is 10.9. The summed E-state index contributed by atoms with van der Waals surface area (Å²) in [4.78, 5) is 24.0. The van der Waals surface area contributed by atoms with Crippen LogP contribution in [0.2, 0.25) is 0 Å². The Kier molecular flexibility index (Phi) is 16.1. The molecule has 0 aliphatic heterocycles. The van der Waals surface area contributed by atoms with Crippen molar-refractivity contribution < 1.29 is 35.1 Å². The standard InChI is InChI=1S/C21H29NO3.C20H26O4.CH5N/c1-6-7-14-11-17(23)19(20(24)18(14)21(25)22-5)16-10-13(4)8-9-15(16)12(2)3;1-5-6-13-10-16(21)18(19(22)17(13)20(23)24)15-9-12(4)7-8-14(15)11(2)3;1-2/h10-11,15-16,23-24H,2,6-9H2,1,3-5H3,(H,22,25);9-10,14-15,21-22H,2,5-8H2,1,3-4H3,(H,23,24);2H2,1H3/t15-,16+;14-,15+;/m00./s1. The maximum atomic E-state index is 12.4. The van der Waals surface area contributed by atoms with E-state index < -0.39 is 5.97 Å². The van der Waals surface area contributed by atoms with Crippen LogP contribution < -0.4 is 11.1 Å². The number of nitrogens with one attached hydrogen (secondary N) is 1. The van der Waals surface area contributed by atoms with Crippen LogP contribution in [0.3, 0.4) is 0 Å². The third-order valence-electron chi connectivity index (χ3n) is 9.93. The Morgan fingerprint density at radius 3 is 1.47 bits per heavy atom. The van der Waals surface area contributed by atoms with Crippen molar-refractivity contribution in [3.05, 3.63) is 93.1 Å². The molecule has 0 spiro atoms. The smallest absolute Gasteiger partial charge is 0.339 e. The van der Waals surface area contributed by atoms with Gasteiger partial charge in [-0.05, 0) is 108 Å². The summed E-state index contributed by atoms with van der Waals surface area (Å²) in [5, 5.41) is 55.0. The van der Waals surface area contributed by atoms with E-state index in [1.54, 1.807) is 13.1 Å². The summed E-state index contributed by atoms with van der Waals surface area (Å²) in [5.74, 6) is -2.13. The molecule has 2 aromatic carbocycles. The Labute approximate surface area is 304 Å². The Hall–Kier alpha value is -4.50. The van der Waals surface area contributed by atoms with E-state index in [9.17, 15) is 35.1 Å². The number of phenolic OH excluding ortho intramolecular Hbond substituents is 3. The molecule has 2 aliphatic carbocycles. The van der Waals surface area contributed by atoms with Gasteiger partial charge < -0.3 is 36.6 Å². The van der Waals surface area contributed by atoms with Gasteiger partial charge in [-0.1, -0.05) is 74.3 Å². The third-order valence-corrected chi connectivity index (χ3v) is 9.93. The normalized spacial score (nSPS) is 19.6. The van der Waals surface area contributed by atoms with Gasteiger partial charge >= 0.3 is 5.97 Å². The van der Waals surface area contributed by atoms with Crippen LogP contribution in [-0.4, -0.2) is 51.5 Å². The summed E-state index contributed by atoms with van der Waals surface area (Å²) in [7, 11) is 3.05. The van der Waals surface area contributed by atoms with Crippen molar-refractivity contribution in [3.8, 4) is 23.0 Å². The highest BCUT2D eigenvalue weighted by atomic mass is 16.4. The number of amides is 1. The van der Waals surface area contributed by atoms with Crippen LogP contribution in [0.5, 0.6) is 23.0 Å². The van der Waals surface area contributed by atoms with Crippen molar-refractivity contribution in [2.24, 2.45) is 17.6 Å². The monoisotopic (exact) mass is 704 g/mol. The average molecular weight is 705 g/mol. The van der Waals surface area contributed by atoms with Crippen molar-refractivity contribution in [2.75, 3.05) is 14.1 Å². The first-order valence-corrected chi connectivity index (χ1v) is 17.9. The van der Waals surface area contributed by atoms with E-state index in [0.717, 1.165) is 49.7 Å². The fourth-order valence-corrected chi connectivity index (χ4v) is 7.47. The summed E-state index contributed by atoms with van der Waals surface area (Å²) in [6, 6.07) is 3.13. The van der Waals surface area contributed by atoms with Gasteiger partial charge in [0.1, 0.15) is 28.6 Å². The molecular formula is C42H60N2O7. The molecule has 0 fully saturated rings. The molecule has 8 N–H and O–H groups in total. The summed E-state index contributed by atoms with van der Waals surface area (Å²) >= 11 is 0. The van der Waals surface area contributed by atoms with E-state index >= 15 is 0 Å². The number of rotatable bonds is 10. The number of hydrogen-bond acceptors (Lipinski definition) is 7. The Balaban J connectivity index is 0.000000337. The highest BCUT2D eigenvalue weighted by molar-refractivity contribution is 5.99. The molecule has 4 rings (SSSR count). The number of aromatic hydroxyl groups is 4. The Morgan fingerprint density at radius 1 is 0.765 bits per heavy atom. The lowest BCUT2D eigenvalue weighted by atomic mass is 9.73. The molecule has 51 heavy (non-hydrogen) atoms. The molecule has 4 atom stereocenters. The second kappa shape index (κ2) is 19.2. The van der Waals surface area contributed by atoms with Crippen molar-refractivity contribution >= 4 is 11.9 Å². The van der Waals surface area contributed by atoms with Crippen LogP contribution in [-0.2, 0) is 12.8 Å². The van der Waals surface area contributed by atoms with Gasteiger partial charge in [-0.2, -0.15) is 0 Å². The predicted molar refractivity (Wildman–Crippen MR) is 206 cm³/mol. The Bertz CT molecular complexity index is 1670. The summed E-state index contributed by atoms with van der Waals surface area (Å²) in [6.07, 6.45) is 10.5. The lowest BCUT2D eigenvalue weighted by molar-refractivity contribution is 0.0691. The summed E-state index contributed by atoms with van der Waals surface area (Å²) < 4.78 is 0. The van der Waals surface area contributed by atoms with Crippen LogP contribution in [0.25, 0.3) is 0 Å². The molecule has 0 unspecified atom stereocenters. The number of nitrogens with two attached hydrogens (primary N) is 1. The fourth-order valence-electron chi connectivity index (χ4n) is 7.47. The number of carbonyl (C=O) groups is 2. The molecule has 1 amide bonds. The van der Waals surface area contributed by atoms with Crippen molar-refractivity contribution in [3.63, 3.8) is 0 Å². The lowest BCUT2D eigenvalue weighted by Gasteiger charge is -2.32. The van der Waals surface area contributed by atoms with Crippen LogP contribution in [0, 0.1) is 11.8 Å². The molecule has 0 radical (unpaired) electrons. The minimum Gasteiger partial charge on any atom is -0.507 e. The molecule has 2 aliphatic rings. The molecular weight excluding hydrogens is 644 g/mol. The van der Waals surface area contributed by atoms with E-state index in [-0.39, 0.29) is 63.7 Å². The molecule has 9 heteroatoms. The topological polar surface area (TPSA) is 173 Å². The number of carboxylic acids is 1. The van der Waals surface area contributed by atoms with Crippen LogP contribution in [0.4, 0.5) is 0 Å². The van der Waals surface area contributed by atoms with Crippen LogP contribution in [0.1, 0.15) is 135 Å². The van der Waals surface area contributed by atoms with Crippen molar-refractivity contribution in [1.82, 2.24) is 5.32 Å². The number of carbonyl (C=O) groups excluding carboxylic acids is 1. The van der Waals surface area contributed by atoms with E-state index in [0.29, 0.717) is 35.1 Å². The largest absolute Gasteiger partial charge is 0.507 e. The highest BCUT2D eigenvalue weighted by Crippen LogP contribution is 2.49. The second-order valence-electron chi connectivity index (χ2n) is 13.8. The molecule has 0 saturated carbocycles. The van der Waals surface area contributed by atoms with Gasteiger partial charge in [0.25, 0.3) is 5.91 Å². The molecule has 280 valence electrons. The van der Waals surface area contributed by atoms with Gasteiger partial charge in [-0.3, -0.25) is 4.79 Å². The zero-order valence-electron chi connectivity index (χ0n) is 31.8. The van der Waals surface area contributed by atoms with Crippen molar-refractivity contribution in [2.45, 2.75) is 105 Å². The van der Waals surface area contributed by atoms with Gasteiger partial charge in [0.15, 0.2) is 0 Å². The molecule has 9 nitrogen and oxygen atoms in total. The van der Waals surface area contributed by atoms with E-state index in [4.69, 9.17) is 0 Å². The highest BCUT2D eigenvalue weighted by Gasteiger charge is 2.34. The minimum atomic E-state index is -1.17. The number of allylic oxidation sites excluding steroid dienone is 6. The number of benzene rings is 2. The third kappa shape index (κ3) is 9.85.